The number of imidazole rings is 1. The fourth-order valence-corrected chi connectivity index (χ4v) is 2.51. The van der Waals surface area contributed by atoms with E-state index in [9.17, 15) is 9.90 Å². The SMILES string of the molecule is Cn1c(-c2cc(Cl)ccc2O)nc2cc(C(=O)NO)ccc21. The molecule has 0 bridgehead atoms. The maximum atomic E-state index is 11.5. The summed E-state index contributed by atoms with van der Waals surface area (Å²) in [6, 6.07) is 9.58. The molecular weight excluding hydrogens is 306 g/mol. The Kier molecular flexibility index (Phi) is 3.48. The molecule has 22 heavy (non-hydrogen) atoms. The van der Waals surface area contributed by atoms with E-state index < -0.39 is 5.91 Å². The number of rotatable bonds is 2. The molecule has 0 saturated carbocycles. The van der Waals surface area contributed by atoms with Gasteiger partial charge in [0.25, 0.3) is 5.91 Å². The highest BCUT2D eigenvalue weighted by atomic mass is 35.5. The van der Waals surface area contributed by atoms with Gasteiger partial charge < -0.3 is 9.67 Å². The number of phenolic OH excluding ortho intramolecular Hbond substituents is 1. The largest absolute Gasteiger partial charge is 0.507 e. The lowest BCUT2D eigenvalue weighted by molar-refractivity contribution is 0.0706. The second kappa shape index (κ2) is 5.32. The second-order valence-corrected chi connectivity index (χ2v) is 5.24. The van der Waals surface area contributed by atoms with Gasteiger partial charge >= 0.3 is 0 Å². The van der Waals surface area contributed by atoms with Crippen molar-refractivity contribution in [1.29, 1.82) is 0 Å². The predicted octanol–water partition coefficient (Wildman–Crippen LogP) is 2.72. The Morgan fingerprint density at radius 1 is 1.27 bits per heavy atom. The minimum atomic E-state index is -0.611. The van der Waals surface area contributed by atoms with Crippen molar-refractivity contribution in [1.82, 2.24) is 15.0 Å². The Morgan fingerprint density at radius 3 is 2.77 bits per heavy atom. The first kappa shape index (κ1) is 14.4. The van der Waals surface area contributed by atoms with E-state index in [2.05, 4.69) is 4.98 Å². The molecule has 0 aliphatic heterocycles. The summed E-state index contributed by atoms with van der Waals surface area (Å²) in [4.78, 5) is 15.9. The number of halogens is 1. The standard InChI is InChI=1S/C15H12ClN3O3/c1-19-12-4-2-8(15(21)18-22)6-11(12)17-14(19)10-7-9(16)3-5-13(10)20/h2-7,20,22H,1H3,(H,18,21). The summed E-state index contributed by atoms with van der Waals surface area (Å²) in [5.74, 6) is -0.0209. The van der Waals surface area contributed by atoms with Crippen molar-refractivity contribution in [3.8, 4) is 17.1 Å². The maximum absolute atomic E-state index is 11.5. The zero-order valence-corrected chi connectivity index (χ0v) is 12.3. The van der Waals surface area contributed by atoms with Gasteiger partial charge in [0, 0.05) is 17.6 Å². The van der Waals surface area contributed by atoms with Crippen molar-refractivity contribution in [3.63, 3.8) is 0 Å². The molecule has 0 radical (unpaired) electrons. The number of carbonyl (C=O) groups excluding carboxylic acids is 1. The van der Waals surface area contributed by atoms with Gasteiger partial charge in [0.2, 0.25) is 0 Å². The molecule has 1 heterocycles. The van der Waals surface area contributed by atoms with E-state index in [4.69, 9.17) is 16.8 Å². The fraction of sp³-hybridized carbons (Fsp3) is 0.0667. The molecule has 0 unspecified atom stereocenters. The van der Waals surface area contributed by atoms with E-state index in [1.54, 1.807) is 47.4 Å². The number of hydrogen-bond donors (Lipinski definition) is 3. The summed E-state index contributed by atoms with van der Waals surface area (Å²) >= 11 is 5.97. The number of nitrogens with one attached hydrogen (secondary N) is 1. The number of phenols is 1. The van der Waals surface area contributed by atoms with Gasteiger partial charge in [-0.15, -0.1) is 0 Å². The van der Waals surface area contributed by atoms with Crippen LogP contribution >= 0.6 is 11.6 Å². The highest BCUT2D eigenvalue weighted by Gasteiger charge is 2.15. The van der Waals surface area contributed by atoms with Gasteiger partial charge in [-0.2, -0.15) is 0 Å². The number of aromatic nitrogens is 2. The third kappa shape index (κ3) is 2.28. The van der Waals surface area contributed by atoms with E-state index in [-0.39, 0.29) is 11.3 Å². The van der Waals surface area contributed by atoms with Crippen LogP contribution in [-0.4, -0.2) is 25.8 Å². The number of hydrogen-bond acceptors (Lipinski definition) is 4. The van der Waals surface area contributed by atoms with Gasteiger partial charge in [0.15, 0.2) is 0 Å². The van der Waals surface area contributed by atoms with Crippen molar-refractivity contribution in [2.24, 2.45) is 7.05 Å². The molecule has 0 aliphatic carbocycles. The minimum absolute atomic E-state index is 0.0659. The van der Waals surface area contributed by atoms with E-state index in [0.717, 1.165) is 5.52 Å². The van der Waals surface area contributed by atoms with Crippen LogP contribution in [0.3, 0.4) is 0 Å². The first-order valence-corrected chi connectivity index (χ1v) is 6.79. The molecule has 0 saturated heterocycles. The quantitative estimate of drug-likeness (QED) is 0.501. The summed E-state index contributed by atoms with van der Waals surface area (Å²) in [6.07, 6.45) is 0. The van der Waals surface area contributed by atoms with Crippen molar-refractivity contribution in [2.45, 2.75) is 0 Å². The van der Waals surface area contributed by atoms with Crippen LogP contribution in [-0.2, 0) is 7.05 Å². The normalized spacial score (nSPS) is 10.9. The van der Waals surface area contributed by atoms with E-state index in [0.29, 0.717) is 21.9 Å². The van der Waals surface area contributed by atoms with Gasteiger partial charge in [-0.1, -0.05) is 11.6 Å². The molecule has 1 aromatic heterocycles. The first-order chi connectivity index (χ1) is 10.5. The highest BCUT2D eigenvalue weighted by Crippen LogP contribution is 2.32. The Morgan fingerprint density at radius 2 is 2.05 bits per heavy atom. The molecule has 7 heteroatoms. The highest BCUT2D eigenvalue weighted by molar-refractivity contribution is 6.30. The number of aromatic hydroxyl groups is 1. The van der Waals surface area contributed by atoms with Crippen LogP contribution in [0.15, 0.2) is 36.4 Å². The lowest BCUT2D eigenvalue weighted by Crippen LogP contribution is -2.18. The molecule has 3 rings (SSSR count). The zero-order chi connectivity index (χ0) is 15.9. The first-order valence-electron chi connectivity index (χ1n) is 6.41. The van der Waals surface area contributed by atoms with Gasteiger partial charge in [-0.05, 0) is 36.4 Å². The molecule has 2 aromatic carbocycles. The molecule has 6 nitrogen and oxygen atoms in total. The Labute approximate surface area is 130 Å². The molecule has 0 fully saturated rings. The van der Waals surface area contributed by atoms with Crippen LogP contribution in [0.2, 0.25) is 5.02 Å². The summed E-state index contributed by atoms with van der Waals surface area (Å²) in [6.45, 7) is 0. The van der Waals surface area contributed by atoms with Crippen LogP contribution in [0, 0.1) is 0 Å². The summed E-state index contributed by atoms with van der Waals surface area (Å²) in [5.41, 5.74) is 3.72. The van der Waals surface area contributed by atoms with Crippen LogP contribution < -0.4 is 5.48 Å². The Bertz CT molecular complexity index is 889. The lowest BCUT2D eigenvalue weighted by atomic mass is 10.2. The predicted molar refractivity (Wildman–Crippen MR) is 82.1 cm³/mol. The van der Waals surface area contributed by atoms with Crippen LogP contribution in [0.5, 0.6) is 5.75 Å². The third-order valence-corrected chi connectivity index (χ3v) is 3.68. The maximum Gasteiger partial charge on any atom is 0.274 e. The number of nitrogens with zero attached hydrogens (tertiary/aromatic N) is 2. The number of carbonyl (C=O) groups is 1. The van der Waals surface area contributed by atoms with E-state index in [1.165, 1.54) is 6.07 Å². The Hall–Kier alpha value is -2.57. The zero-order valence-electron chi connectivity index (χ0n) is 11.5. The van der Waals surface area contributed by atoms with Crippen LogP contribution in [0.1, 0.15) is 10.4 Å². The van der Waals surface area contributed by atoms with E-state index in [1.807, 2.05) is 0 Å². The van der Waals surface area contributed by atoms with Crippen LogP contribution in [0.4, 0.5) is 0 Å². The average molecular weight is 318 g/mol. The summed E-state index contributed by atoms with van der Waals surface area (Å²) in [7, 11) is 1.80. The van der Waals surface area contributed by atoms with Crippen molar-refractivity contribution in [3.05, 3.63) is 47.0 Å². The van der Waals surface area contributed by atoms with Crippen molar-refractivity contribution < 1.29 is 15.1 Å². The average Bonchev–Trinajstić information content (AvgIpc) is 2.85. The number of aryl methyl sites for hydroxylation is 1. The number of hydroxylamine groups is 1. The number of benzene rings is 2. The molecule has 0 atom stereocenters. The molecule has 3 aromatic rings. The fourth-order valence-electron chi connectivity index (χ4n) is 2.33. The summed E-state index contributed by atoms with van der Waals surface area (Å²) < 4.78 is 1.79. The number of fused-ring (bicyclic) bond motifs is 1. The van der Waals surface area contributed by atoms with Crippen molar-refractivity contribution in [2.75, 3.05) is 0 Å². The number of amides is 1. The summed E-state index contributed by atoms with van der Waals surface area (Å²) in [5, 5.41) is 19.2. The smallest absolute Gasteiger partial charge is 0.274 e. The van der Waals surface area contributed by atoms with Gasteiger partial charge in [0.05, 0.1) is 16.6 Å². The molecule has 0 spiro atoms. The molecule has 112 valence electrons. The van der Waals surface area contributed by atoms with Crippen molar-refractivity contribution >= 4 is 28.5 Å². The molecular formula is C15H12ClN3O3. The minimum Gasteiger partial charge on any atom is -0.507 e. The van der Waals surface area contributed by atoms with E-state index >= 15 is 0 Å². The van der Waals surface area contributed by atoms with Gasteiger partial charge in [-0.3, -0.25) is 10.0 Å². The molecule has 3 N–H and O–H groups in total. The van der Waals surface area contributed by atoms with Gasteiger partial charge in [0.1, 0.15) is 11.6 Å². The topological polar surface area (TPSA) is 87.4 Å². The van der Waals surface area contributed by atoms with Gasteiger partial charge in [-0.25, -0.2) is 10.5 Å². The van der Waals surface area contributed by atoms with Crippen LogP contribution in [0.25, 0.3) is 22.4 Å². The Balaban J connectivity index is 2.21. The molecule has 1 amide bonds. The third-order valence-electron chi connectivity index (χ3n) is 3.44. The monoisotopic (exact) mass is 317 g/mol. The lowest BCUT2D eigenvalue weighted by Gasteiger charge is -2.05. The molecule has 0 aliphatic rings. The second-order valence-electron chi connectivity index (χ2n) is 4.80.